The number of rotatable bonds is 7. The van der Waals surface area contributed by atoms with Gasteiger partial charge in [-0.15, -0.1) is 0 Å². The van der Waals surface area contributed by atoms with Crippen molar-refractivity contribution in [2.24, 2.45) is 17.8 Å². The molecule has 1 aromatic heterocycles. The van der Waals surface area contributed by atoms with Crippen molar-refractivity contribution in [2.45, 2.75) is 33.1 Å². The van der Waals surface area contributed by atoms with Gasteiger partial charge < -0.3 is 24.6 Å². The first-order valence-electron chi connectivity index (χ1n) is 13.8. The second-order valence-electron chi connectivity index (χ2n) is 11.1. The molecular weight excluding hydrogens is 502 g/mol. The molecule has 2 unspecified atom stereocenters. The largest absolute Gasteiger partial charge is 0.357 e. The fourth-order valence-corrected chi connectivity index (χ4v) is 6.48. The fourth-order valence-electron chi connectivity index (χ4n) is 6.30. The first kappa shape index (κ1) is 26.8. The van der Waals surface area contributed by atoms with Gasteiger partial charge in [-0.3, -0.25) is 14.4 Å². The normalized spacial score (nSPS) is 22.1. The molecule has 3 saturated heterocycles. The molecule has 1 aromatic carbocycles. The number of carbonyl (C=O) groups excluding carboxylic acids is 3. The highest BCUT2D eigenvalue weighted by Crippen LogP contribution is 2.32. The lowest BCUT2D eigenvalue weighted by Gasteiger charge is -2.34. The summed E-state index contributed by atoms with van der Waals surface area (Å²) in [5, 5.41) is 0.664. The summed E-state index contributed by atoms with van der Waals surface area (Å²) in [5.41, 5.74) is 2.50. The maximum absolute atomic E-state index is 13.7. The molecule has 38 heavy (non-hydrogen) atoms. The third kappa shape index (κ3) is 5.76. The Balaban J connectivity index is 1.16. The topological polar surface area (TPSA) is 80.0 Å². The molecule has 5 rings (SSSR count). The van der Waals surface area contributed by atoms with Crippen LogP contribution in [0.2, 0.25) is 5.02 Å². The molecular formula is C29H38ClN5O3. The van der Waals surface area contributed by atoms with Crippen molar-refractivity contribution in [2.75, 3.05) is 57.3 Å². The van der Waals surface area contributed by atoms with Crippen LogP contribution in [0.3, 0.4) is 0 Å². The second kappa shape index (κ2) is 11.5. The Hall–Kier alpha value is -2.84. The van der Waals surface area contributed by atoms with Crippen LogP contribution in [0.5, 0.6) is 0 Å². The number of fused-ring (bicyclic) bond motifs is 1. The van der Waals surface area contributed by atoms with E-state index in [-0.39, 0.29) is 23.6 Å². The molecule has 2 aromatic rings. The van der Waals surface area contributed by atoms with Gasteiger partial charge in [0.05, 0.1) is 0 Å². The molecule has 3 amide bonds. The van der Waals surface area contributed by atoms with Crippen molar-refractivity contribution >= 4 is 35.0 Å². The number of likely N-dealkylation sites (tertiary alicyclic amines) is 3. The first-order valence-corrected chi connectivity index (χ1v) is 14.2. The molecule has 9 heteroatoms. The van der Waals surface area contributed by atoms with Crippen molar-refractivity contribution in [3.63, 3.8) is 0 Å². The number of nitrogens with zero attached hydrogens (tertiary/aromatic N) is 4. The van der Waals surface area contributed by atoms with Crippen LogP contribution in [0.25, 0.3) is 0 Å². The number of aryl methyl sites for hydroxylation is 1. The molecule has 2 atom stereocenters. The fraction of sp³-hybridized carbons (Fsp3) is 0.552. The summed E-state index contributed by atoms with van der Waals surface area (Å²) in [6.45, 7) is 9.98. The Bertz CT molecular complexity index is 1150. The van der Waals surface area contributed by atoms with Crippen LogP contribution in [0.1, 0.15) is 42.2 Å². The molecule has 204 valence electrons. The monoisotopic (exact) mass is 539 g/mol. The van der Waals surface area contributed by atoms with Crippen LogP contribution in [-0.2, 0) is 9.59 Å². The Morgan fingerprint density at radius 1 is 1.03 bits per heavy atom. The van der Waals surface area contributed by atoms with E-state index in [9.17, 15) is 14.4 Å². The number of aromatic amines is 1. The number of aromatic nitrogens is 1. The number of carbonyl (C=O) groups is 3. The number of hydrogen-bond acceptors (Lipinski definition) is 4. The summed E-state index contributed by atoms with van der Waals surface area (Å²) in [7, 11) is 0. The average molecular weight is 540 g/mol. The van der Waals surface area contributed by atoms with Gasteiger partial charge >= 0.3 is 0 Å². The Morgan fingerprint density at radius 3 is 2.34 bits per heavy atom. The number of piperidine rings is 1. The van der Waals surface area contributed by atoms with Gasteiger partial charge in [0.1, 0.15) is 5.69 Å². The Morgan fingerprint density at radius 2 is 1.74 bits per heavy atom. The van der Waals surface area contributed by atoms with E-state index in [0.717, 1.165) is 50.4 Å². The molecule has 0 saturated carbocycles. The zero-order chi connectivity index (χ0) is 26.8. The number of anilines is 1. The lowest BCUT2D eigenvalue weighted by atomic mass is 9.94. The van der Waals surface area contributed by atoms with E-state index in [0.29, 0.717) is 55.0 Å². The van der Waals surface area contributed by atoms with E-state index in [2.05, 4.69) is 9.88 Å². The lowest BCUT2D eigenvalue weighted by Crippen LogP contribution is -2.44. The van der Waals surface area contributed by atoms with E-state index in [1.54, 1.807) is 13.1 Å². The van der Waals surface area contributed by atoms with E-state index >= 15 is 0 Å². The van der Waals surface area contributed by atoms with E-state index in [1.807, 2.05) is 52.0 Å². The third-order valence-electron chi connectivity index (χ3n) is 8.56. The summed E-state index contributed by atoms with van der Waals surface area (Å²) in [6, 6.07) is 9.55. The predicted octanol–water partition coefficient (Wildman–Crippen LogP) is 3.66. The molecule has 0 bridgehead atoms. The van der Waals surface area contributed by atoms with Crippen LogP contribution in [-0.4, -0.2) is 89.8 Å². The van der Waals surface area contributed by atoms with Crippen LogP contribution in [0.15, 0.2) is 36.5 Å². The predicted molar refractivity (Wildman–Crippen MR) is 148 cm³/mol. The second-order valence-corrected chi connectivity index (χ2v) is 11.5. The van der Waals surface area contributed by atoms with Crippen LogP contribution in [0.4, 0.5) is 5.69 Å². The number of halogens is 1. The minimum Gasteiger partial charge on any atom is -0.357 e. The summed E-state index contributed by atoms with van der Waals surface area (Å²) in [5.74, 6) is 1.23. The standard InChI is InChI=1S/C29H38ClN5O3/c1-20-6-7-25(15-26(20)30)35(28(37)22-8-13-33(14-9-22)21(2)36)12-4-11-32-16-23-18-34(19-24(23)17-32)29(38)27-5-3-10-31-27/h3,5-7,10,15,22-24,31H,4,8-9,11-14,16-19H2,1-2H3. The smallest absolute Gasteiger partial charge is 0.270 e. The van der Waals surface area contributed by atoms with Crippen LogP contribution >= 0.6 is 11.6 Å². The molecule has 0 spiro atoms. The van der Waals surface area contributed by atoms with Crippen molar-refractivity contribution in [3.8, 4) is 0 Å². The van der Waals surface area contributed by atoms with Crippen LogP contribution in [0, 0.1) is 24.7 Å². The maximum Gasteiger partial charge on any atom is 0.270 e. The molecule has 3 aliphatic rings. The van der Waals surface area contributed by atoms with Gasteiger partial charge in [0, 0.05) is 75.6 Å². The zero-order valence-corrected chi connectivity index (χ0v) is 23.1. The molecule has 3 fully saturated rings. The number of hydrogen-bond donors (Lipinski definition) is 1. The van der Waals surface area contributed by atoms with E-state index in [4.69, 9.17) is 11.6 Å². The van der Waals surface area contributed by atoms with Gasteiger partial charge in [-0.1, -0.05) is 17.7 Å². The van der Waals surface area contributed by atoms with Crippen molar-refractivity contribution in [3.05, 3.63) is 52.8 Å². The van der Waals surface area contributed by atoms with Gasteiger partial charge in [-0.25, -0.2) is 0 Å². The van der Waals surface area contributed by atoms with Crippen molar-refractivity contribution in [1.82, 2.24) is 19.7 Å². The van der Waals surface area contributed by atoms with Gasteiger partial charge in [0.2, 0.25) is 11.8 Å². The molecule has 8 nitrogen and oxygen atoms in total. The molecule has 1 N–H and O–H groups in total. The highest BCUT2D eigenvalue weighted by molar-refractivity contribution is 6.31. The maximum atomic E-state index is 13.7. The van der Waals surface area contributed by atoms with Gasteiger partial charge in [-0.05, 0) is 74.4 Å². The summed E-state index contributed by atoms with van der Waals surface area (Å²) in [4.78, 5) is 49.4. The number of H-pyrrole nitrogens is 1. The summed E-state index contributed by atoms with van der Waals surface area (Å²) >= 11 is 6.44. The quantitative estimate of drug-likeness (QED) is 0.582. The van der Waals surface area contributed by atoms with Crippen molar-refractivity contribution in [1.29, 1.82) is 0 Å². The highest BCUT2D eigenvalue weighted by atomic mass is 35.5. The van der Waals surface area contributed by atoms with E-state index < -0.39 is 0 Å². The number of amides is 3. The number of nitrogens with one attached hydrogen (secondary N) is 1. The molecule has 3 aliphatic heterocycles. The number of benzene rings is 1. The first-order chi connectivity index (χ1) is 18.3. The Kier molecular flexibility index (Phi) is 8.09. The summed E-state index contributed by atoms with van der Waals surface area (Å²) in [6.07, 6.45) is 4.05. The Labute approximate surface area is 229 Å². The zero-order valence-electron chi connectivity index (χ0n) is 22.4. The van der Waals surface area contributed by atoms with Gasteiger partial charge in [0.15, 0.2) is 0 Å². The highest BCUT2D eigenvalue weighted by Gasteiger charge is 2.41. The lowest BCUT2D eigenvalue weighted by molar-refractivity contribution is -0.133. The van der Waals surface area contributed by atoms with Gasteiger partial charge in [-0.2, -0.15) is 0 Å². The van der Waals surface area contributed by atoms with Crippen molar-refractivity contribution < 1.29 is 14.4 Å². The average Bonchev–Trinajstić information content (AvgIpc) is 3.65. The van der Waals surface area contributed by atoms with Crippen LogP contribution < -0.4 is 4.90 Å². The summed E-state index contributed by atoms with van der Waals surface area (Å²) < 4.78 is 0. The minimum atomic E-state index is -0.0833. The molecule has 0 radical (unpaired) electrons. The van der Waals surface area contributed by atoms with Gasteiger partial charge in [0.25, 0.3) is 5.91 Å². The van der Waals surface area contributed by atoms with E-state index in [1.165, 1.54) is 0 Å². The molecule has 0 aliphatic carbocycles. The molecule has 4 heterocycles. The minimum absolute atomic E-state index is 0.0743. The third-order valence-corrected chi connectivity index (χ3v) is 8.96. The SMILES string of the molecule is CC(=O)N1CCC(C(=O)N(CCCN2CC3CN(C(=O)c4ccc[nH]4)CC3C2)c2ccc(C)c(Cl)c2)CC1.